The summed E-state index contributed by atoms with van der Waals surface area (Å²) >= 11 is 0. The molecule has 0 spiro atoms. The van der Waals surface area contributed by atoms with Crippen LogP contribution in [0.1, 0.15) is 0 Å². The lowest BCUT2D eigenvalue weighted by molar-refractivity contribution is 1.35. The summed E-state index contributed by atoms with van der Waals surface area (Å²) in [6.45, 7) is 0. The Morgan fingerprint density at radius 3 is 1.11 bits per heavy atom. The van der Waals surface area contributed by atoms with Crippen LogP contribution in [0, 0.1) is 0 Å². The summed E-state index contributed by atoms with van der Waals surface area (Å²) in [6, 6.07) is 101. The fourth-order valence-corrected chi connectivity index (χ4v) is 13.9. The number of para-hydroxylation sites is 2. The Hall–Kier alpha value is -13.7. The van der Waals surface area contributed by atoms with Gasteiger partial charge < -0.3 is 0 Å². The summed E-state index contributed by atoms with van der Waals surface area (Å²) in [5.41, 5.74) is 26.4. The van der Waals surface area contributed by atoms with Gasteiger partial charge in [0.25, 0.3) is 0 Å². The van der Waals surface area contributed by atoms with Crippen molar-refractivity contribution in [1.29, 1.82) is 0 Å². The van der Waals surface area contributed by atoms with E-state index in [4.69, 9.17) is 19.9 Å². The van der Waals surface area contributed by atoms with Crippen LogP contribution in [-0.2, 0) is 0 Å². The summed E-state index contributed by atoms with van der Waals surface area (Å²) < 4.78 is 0. The van der Waals surface area contributed by atoms with Crippen molar-refractivity contribution in [2.75, 3.05) is 0 Å². The van der Waals surface area contributed by atoms with Crippen LogP contribution in [-0.4, -0.2) is 49.8 Å². The lowest BCUT2D eigenvalue weighted by atomic mass is 9.96. The van der Waals surface area contributed by atoms with Gasteiger partial charge in [-0.1, -0.05) is 176 Å². The fraction of sp³-hybridized carbons (Fsp3) is 0. The van der Waals surface area contributed by atoms with Crippen molar-refractivity contribution in [1.82, 2.24) is 49.8 Å². The van der Waals surface area contributed by atoms with Crippen molar-refractivity contribution in [3.63, 3.8) is 0 Å². The monoisotopic (exact) mass is 1270 g/mol. The Morgan fingerprint density at radius 2 is 0.540 bits per heavy atom. The summed E-state index contributed by atoms with van der Waals surface area (Å²) in [5.74, 6) is 0. The number of rotatable bonds is 8. The molecule has 20 aromatic rings. The van der Waals surface area contributed by atoms with E-state index in [-0.39, 0.29) is 0 Å². The molecule has 0 N–H and O–H groups in total. The van der Waals surface area contributed by atoms with E-state index in [1.807, 2.05) is 91.8 Å². The van der Waals surface area contributed by atoms with Crippen LogP contribution < -0.4 is 0 Å². The molecule has 0 radical (unpaired) electrons. The molecule has 0 unspecified atom stereocenters. The van der Waals surface area contributed by atoms with Crippen molar-refractivity contribution in [3.05, 3.63) is 328 Å². The van der Waals surface area contributed by atoms with Gasteiger partial charge in [-0.2, -0.15) is 0 Å². The van der Waals surface area contributed by atoms with E-state index in [0.717, 1.165) is 199 Å². The summed E-state index contributed by atoms with van der Waals surface area (Å²) in [6.07, 6.45) is 11.2. The van der Waals surface area contributed by atoms with Gasteiger partial charge >= 0.3 is 0 Å². The van der Waals surface area contributed by atoms with Gasteiger partial charge in [-0.05, 0) is 160 Å². The lowest BCUT2D eigenvalue weighted by Gasteiger charge is -2.11. The van der Waals surface area contributed by atoms with Gasteiger partial charge in [-0.15, -0.1) is 0 Å². The first-order valence-corrected chi connectivity index (χ1v) is 33.3. The topological polar surface area (TPSA) is 129 Å². The molecule has 0 bridgehead atoms. The molecule has 0 aliphatic carbocycles. The number of pyridine rings is 10. The molecule has 10 heteroatoms. The zero-order chi connectivity index (χ0) is 66.0. The van der Waals surface area contributed by atoms with Crippen molar-refractivity contribution in [2.45, 2.75) is 0 Å². The van der Waals surface area contributed by atoms with E-state index >= 15 is 0 Å². The highest BCUT2D eigenvalue weighted by molar-refractivity contribution is 6.11. The number of fused-ring (bicyclic) bond motifs is 12. The Bertz CT molecular complexity index is 6650. The Balaban J connectivity index is 0.000000139. The SMILES string of the molecule is c1ccc2ncc(-c3ccc4ccc(-c5ccc6nc(-c7ccc(-c8cc9cccnc9c9ncccc89)cc7)ccc6c5)cc4n3)cc2c1.c1ccc2ncc(-c3ccc4ccc(-c5ccc6nc(-c7ccc(-c8ccnc9c8ccc8cccnc89)cc7)ccc6c5)cc4n3)cc2c1. The second-order valence-electron chi connectivity index (χ2n) is 25.2. The van der Waals surface area contributed by atoms with Crippen LogP contribution in [0.25, 0.3) is 199 Å². The predicted octanol–water partition coefficient (Wildman–Crippen LogP) is 22.2. The van der Waals surface area contributed by atoms with Crippen molar-refractivity contribution < 1.29 is 0 Å². The van der Waals surface area contributed by atoms with Crippen LogP contribution in [0.5, 0.6) is 0 Å². The molecule has 0 atom stereocenters. The molecule has 0 amide bonds. The average Bonchev–Trinajstić information content (AvgIpc) is 0.780. The molecule has 10 aromatic carbocycles. The Labute approximate surface area is 573 Å². The molecule has 100 heavy (non-hydrogen) atoms. The molecule has 0 saturated carbocycles. The number of aromatic nitrogens is 10. The highest BCUT2D eigenvalue weighted by atomic mass is 14.8. The van der Waals surface area contributed by atoms with Gasteiger partial charge in [0, 0.05) is 113 Å². The van der Waals surface area contributed by atoms with Gasteiger partial charge in [-0.3, -0.25) is 29.9 Å². The Morgan fingerprint density at radius 1 is 0.170 bits per heavy atom. The summed E-state index contributed by atoms with van der Waals surface area (Å²) in [4.78, 5) is 48.0. The van der Waals surface area contributed by atoms with Gasteiger partial charge in [0.2, 0.25) is 0 Å². The molecule has 10 nitrogen and oxygen atoms in total. The summed E-state index contributed by atoms with van der Waals surface area (Å²) in [5, 5.41) is 11.0. The van der Waals surface area contributed by atoms with Crippen LogP contribution in [0.3, 0.4) is 0 Å². The van der Waals surface area contributed by atoms with Gasteiger partial charge in [0.05, 0.1) is 77.9 Å². The highest BCUT2D eigenvalue weighted by Crippen LogP contribution is 2.38. The first kappa shape index (κ1) is 57.7. The van der Waals surface area contributed by atoms with E-state index in [1.54, 1.807) is 0 Å². The zero-order valence-electron chi connectivity index (χ0n) is 53.6. The normalized spacial score (nSPS) is 11.6. The van der Waals surface area contributed by atoms with Crippen molar-refractivity contribution >= 4 is 109 Å². The zero-order valence-corrected chi connectivity index (χ0v) is 53.6. The second kappa shape index (κ2) is 24.2. The number of benzene rings is 10. The van der Waals surface area contributed by atoms with Crippen molar-refractivity contribution in [3.8, 4) is 89.5 Å². The molecule has 464 valence electrons. The minimum Gasteiger partial charge on any atom is -0.256 e. The largest absolute Gasteiger partial charge is 0.256 e. The first-order valence-electron chi connectivity index (χ1n) is 33.3. The lowest BCUT2D eigenvalue weighted by Crippen LogP contribution is -1.90. The van der Waals surface area contributed by atoms with E-state index < -0.39 is 0 Å². The van der Waals surface area contributed by atoms with Crippen LogP contribution in [0.15, 0.2) is 328 Å². The quantitative estimate of drug-likeness (QED) is 0.136. The molecule has 0 fully saturated rings. The Kier molecular flexibility index (Phi) is 14.0. The molecular formula is C90H54N10. The van der Waals surface area contributed by atoms with E-state index in [9.17, 15) is 0 Å². The van der Waals surface area contributed by atoms with Crippen LogP contribution in [0.4, 0.5) is 0 Å². The minimum atomic E-state index is 0.913. The molecule has 20 rings (SSSR count). The first-order chi connectivity index (χ1) is 49.5. The number of hydrogen-bond donors (Lipinski definition) is 0. The number of nitrogens with zero attached hydrogens (tertiary/aromatic N) is 10. The standard InChI is InChI=1S/2C45H27N5/c1-2-8-39-33(5-1)24-36(27-48-39)42-18-15-30-13-14-32(26-43(30)50-42)31-16-19-41-34(23-31)17-20-40(49-41)29-11-9-28(10-12-29)38-25-35-6-3-21-46-44(35)45-37(38)7-4-22-47-45;1-2-6-39-34(4-1)25-36(27-48-39)42-18-14-30-11-12-33(26-43(30)50-42)32-15-19-41-35(24-32)16-20-40(49-41)29-9-7-28(8-10-29)37-21-23-47-45-38(37)17-13-31-5-3-22-46-44(31)45/h2*1-27H. The maximum atomic E-state index is 5.05. The molecular weight excluding hydrogens is 1220 g/mol. The minimum absolute atomic E-state index is 0.913. The third kappa shape index (κ3) is 10.7. The summed E-state index contributed by atoms with van der Waals surface area (Å²) in [7, 11) is 0. The average molecular weight is 1280 g/mol. The van der Waals surface area contributed by atoms with Crippen LogP contribution >= 0.6 is 0 Å². The van der Waals surface area contributed by atoms with E-state index in [1.165, 1.54) is 0 Å². The molecule has 0 aliphatic rings. The molecule has 10 heterocycles. The van der Waals surface area contributed by atoms with Gasteiger partial charge in [0.15, 0.2) is 0 Å². The van der Waals surface area contributed by atoms with Gasteiger partial charge in [-0.25, -0.2) is 19.9 Å². The van der Waals surface area contributed by atoms with Crippen LogP contribution in [0.2, 0.25) is 0 Å². The highest BCUT2D eigenvalue weighted by Gasteiger charge is 2.16. The van der Waals surface area contributed by atoms with E-state index in [0.29, 0.717) is 0 Å². The fourth-order valence-electron chi connectivity index (χ4n) is 13.9. The molecule has 0 saturated heterocycles. The third-order valence-electron chi connectivity index (χ3n) is 19.1. The van der Waals surface area contributed by atoms with E-state index in [2.05, 4.69) is 266 Å². The predicted molar refractivity (Wildman–Crippen MR) is 409 cm³/mol. The second-order valence-corrected chi connectivity index (χ2v) is 25.2. The maximum absolute atomic E-state index is 5.05. The van der Waals surface area contributed by atoms with Crippen molar-refractivity contribution in [2.24, 2.45) is 0 Å². The van der Waals surface area contributed by atoms with Gasteiger partial charge in [0.1, 0.15) is 0 Å². The number of hydrogen-bond acceptors (Lipinski definition) is 10. The third-order valence-corrected chi connectivity index (χ3v) is 19.1. The molecule has 0 aliphatic heterocycles. The smallest absolute Gasteiger partial charge is 0.0970 e. The molecule has 10 aromatic heterocycles. The maximum Gasteiger partial charge on any atom is 0.0970 e.